The van der Waals surface area contributed by atoms with E-state index in [4.69, 9.17) is 0 Å². The van der Waals surface area contributed by atoms with Crippen LogP contribution in [0.15, 0.2) is 24.3 Å². The smallest absolute Gasteiger partial charge is 0.0899 e. The zero-order valence-electron chi connectivity index (χ0n) is 11.4. The third-order valence-electron chi connectivity index (χ3n) is 4.95. The minimum atomic E-state index is -0.544. The third kappa shape index (κ3) is 2.33. The molecule has 2 saturated carbocycles. The Morgan fingerprint density at radius 1 is 1.11 bits per heavy atom. The van der Waals surface area contributed by atoms with Crippen LogP contribution in [-0.4, -0.2) is 5.11 Å². The molecular formula is C17H24O. The Labute approximate surface area is 110 Å². The number of hydrogen-bond acceptors (Lipinski definition) is 1. The molecule has 98 valence electrons. The van der Waals surface area contributed by atoms with Crippen LogP contribution in [0.25, 0.3) is 0 Å². The average Bonchev–Trinajstić information content (AvgIpc) is 3.23. The Hall–Kier alpha value is -0.820. The molecule has 0 radical (unpaired) electrons. The van der Waals surface area contributed by atoms with E-state index in [2.05, 4.69) is 31.2 Å². The molecule has 0 saturated heterocycles. The first kappa shape index (κ1) is 12.2. The summed E-state index contributed by atoms with van der Waals surface area (Å²) in [7, 11) is 0. The summed E-state index contributed by atoms with van der Waals surface area (Å²) in [4.78, 5) is 0. The Bertz CT molecular complexity index is 404. The molecule has 0 heterocycles. The van der Waals surface area contributed by atoms with Gasteiger partial charge in [-0.3, -0.25) is 0 Å². The van der Waals surface area contributed by atoms with Crippen molar-refractivity contribution in [2.24, 2.45) is 11.8 Å². The van der Waals surface area contributed by atoms with E-state index < -0.39 is 5.60 Å². The first-order chi connectivity index (χ1) is 8.71. The molecular weight excluding hydrogens is 220 g/mol. The fourth-order valence-electron chi connectivity index (χ4n) is 3.58. The molecule has 0 aromatic heterocycles. The zero-order valence-corrected chi connectivity index (χ0v) is 11.4. The maximum absolute atomic E-state index is 11.0. The molecule has 0 amide bonds. The molecule has 2 fully saturated rings. The van der Waals surface area contributed by atoms with E-state index in [1.165, 1.54) is 31.2 Å². The van der Waals surface area contributed by atoms with E-state index in [1.807, 2.05) is 0 Å². The van der Waals surface area contributed by atoms with E-state index >= 15 is 0 Å². The van der Waals surface area contributed by atoms with E-state index in [0.29, 0.717) is 0 Å². The second-order valence-electron chi connectivity index (χ2n) is 6.28. The number of hydrogen-bond donors (Lipinski definition) is 1. The van der Waals surface area contributed by atoms with Gasteiger partial charge in [-0.25, -0.2) is 0 Å². The van der Waals surface area contributed by atoms with Gasteiger partial charge >= 0.3 is 0 Å². The average molecular weight is 244 g/mol. The topological polar surface area (TPSA) is 20.2 Å². The van der Waals surface area contributed by atoms with Gasteiger partial charge in [-0.05, 0) is 67.9 Å². The molecule has 0 aliphatic heterocycles. The Kier molecular flexibility index (Phi) is 3.19. The fraction of sp³-hybridized carbons (Fsp3) is 0.647. The quantitative estimate of drug-likeness (QED) is 0.851. The summed E-state index contributed by atoms with van der Waals surface area (Å²) in [5, 5.41) is 11.0. The summed E-state index contributed by atoms with van der Waals surface area (Å²) in [5.74, 6) is 1.70. The lowest BCUT2D eigenvalue weighted by atomic mass is 9.72. The molecule has 1 N–H and O–H groups in total. The van der Waals surface area contributed by atoms with Crippen molar-refractivity contribution >= 4 is 0 Å². The van der Waals surface area contributed by atoms with Crippen LogP contribution in [0, 0.1) is 11.8 Å². The lowest BCUT2D eigenvalue weighted by molar-refractivity contribution is -0.0251. The van der Waals surface area contributed by atoms with Crippen LogP contribution in [0.4, 0.5) is 0 Å². The molecule has 1 heteroatoms. The highest BCUT2D eigenvalue weighted by Crippen LogP contribution is 2.49. The van der Waals surface area contributed by atoms with Crippen molar-refractivity contribution in [2.75, 3.05) is 0 Å². The van der Waals surface area contributed by atoms with Gasteiger partial charge in [-0.1, -0.05) is 31.2 Å². The standard InChI is InChI=1S/C17H24O/c1-2-13-5-9-16(10-6-13)17(18)11-3-4-15(12-17)14-7-8-14/h5-6,9-10,14-15,18H,2-4,7-8,11-12H2,1H3. The molecule has 1 aromatic rings. The first-order valence-corrected chi connectivity index (χ1v) is 7.53. The van der Waals surface area contributed by atoms with E-state index in [9.17, 15) is 5.11 Å². The molecule has 2 unspecified atom stereocenters. The van der Waals surface area contributed by atoms with Crippen LogP contribution >= 0.6 is 0 Å². The van der Waals surface area contributed by atoms with Crippen molar-refractivity contribution in [2.45, 2.75) is 57.5 Å². The molecule has 1 aromatic carbocycles. The lowest BCUT2D eigenvalue weighted by Gasteiger charge is -2.37. The number of benzene rings is 1. The van der Waals surface area contributed by atoms with Gasteiger partial charge in [0.1, 0.15) is 0 Å². The normalized spacial score (nSPS) is 32.4. The summed E-state index contributed by atoms with van der Waals surface area (Å²) in [6, 6.07) is 8.64. The van der Waals surface area contributed by atoms with E-state index in [1.54, 1.807) is 0 Å². The predicted molar refractivity (Wildman–Crippen MR) is 74.4 cm³/mol. The van der Waals surface area contributed by atoms with Crippen LogP contribution in [0.5, 0.6) is 0 Å². The van der Waals surface area contributed by atoms with Crippen LogP contribution < -0.4 is 0 Å². The van der Waals surface area contributed by atoms with Crippen molar-refractivity contribution in [3.63, 3.8) is 0 Å². The Morgan fingerprint density at radius 2 is 1.83 bits per heavy atom. The summed E-state index contributed by atoms with van der Waals surface area (Å²) < 4.78 is 0. The molecule has 2 atom stereocenters. The highest BCUT2D eigenvalue weighted by atomic mass is 16.3. The second kappa shape index (κ2) is 4.70. The molecule has 3 rings (SSSR count). The van der Waals surface area contributed by atoms with Gasteiger partial charge in [-0.2, -0.15) is 0 Å². The second-order valence-corrected chi connectivity index (χ2v) is 6.28. The van der Waals surface area contributed by atoms with Gasteiger partial charge in [-0.15, -0.1) is 0 Å². The van der Waals surface area contributed by atoms with E-state index in [0.717, 1.165) is 36.7 Å². The summed E-state index contributed by atoms with van der Waals surface area (Å²) in [6.07, 6.45) is 8.33. The van der Waals surface area contributed by atoms with Crippen molar-refractivity contribution in [1.82, 2.24) is 0 Å². The van der Waals surface area contributed by atoms with Crippen molar-refractivity contribution in [3.8, 4) is 0 Å². The zero-order chi connectivity index (χ0) is 12.6. The number of aliphatic hydroxyl groups is 1. The van der Waals surface area contributed by atoms with Gasteiger partial charge in [0.15, 0.2) is 0 Å². The minimum Gasteiger partial charge on any atom is -0.385 e. The number of rotatable bonds is 3. The number of aryl methyl sites for hydroxylation is 1. The minimum absolute atomic E-state index is 0.544. The SMILES string of the molecule is CCc1ccc(C2(O)CCCC(C3CC3)C2)cc1. The van der Waals surface area contributed by atoms with Crippen LogP contribution in [-0.2, 0) is 12.0 Å². The van der Waals surface area contributed by atoms with Gasteiger partial charge in [0.25, 0.3) is 0 Å². The maximum atomic E-state index is 11.0. The van der Waals surface area contributed by atoms with Gasteiger partial charge < -0.3 is 5.11 Å². The maximum Gasteiger partial charge on any atom is 0.0899 e. The summed E-state index contributed by atoms with van der Waals surface area (Å²) >= 11 is 0. The largest absolute Gasteiger partial charge is 0.385 e. The van der Waals surface area contributed by atoms with Crippen molar-refractivity contribution < 1.29 is 5.11 Å². The Morgan fingerprint density at radius 3 is 2.44 bits per heavy atom. The van der Waals surface area contributed by atoms with Crippen LogP contribution in [0.3, 0.4) is 0 Å². The molecule has 18 heavy (non-hydrogen) atoms. The molecule has 2 aliphatic rings. The molecule has 2 aliphatic carbocycles. The third-order valence-corrected chi connectivity index (χ3v) is 4.95. The summed E-state index contributed by atoms with van der Waals surface area (Å²) in [5.41, 5.74) is 1.96. The van der Waals surface area contributed by atoms with Gasteiger partial charge in [0.2, 0.25) is 0 Å². The monoisotopic (exact) mass is 244 g/mol. The fourth-order valence-corrected chi connectivity index (χ4v) is 3.58. The predicted octanol–water partition coefficient (Wildman–Crippen LogP) is 4.04. The highest BCUT2D eigenvalue weighted by Gasteiger charge is 2.41. The van der Waals surface area contributed by atoms with Crippen LogP contribution in [0.1, 0.15) is 56.6 Å². The van der Waals surface area contributed by atoms with Crippen LogP contribution in [0.2, 0.25) is 0 Å². The summed E-state index contributed by atoms with van der Waals surface area (Å²) in [6.45, 7) is 2.17. The molecule has 0 spiro atoms. The van der Waals surface area contributed by atoms with Gasteiger partial charge in [0.05, 0.1) is 5.60 Å². The molecule has 1 nitrogen and oxygen atoms in total. The van der Waals surface area contributed by atoms with Crippen molar-refractivity contribution in [1.29, 1.82) is 0 Å². The molecule has 0 bridgehead atoms. The van der Waals surface area contributed by atoms with E-state index in [-0.39, 0.29) is 0 Å². The van der Waals surface area contributed by atoms with Gasteiger partial charge in [0, 0.05) is 0 Å². The first-order valence-electron chi connectivity index (χ1n) is 7.53. The lowest BCUT2D eigenvalue weighted by Crippen LogP contribution is -2.33. The highest BCUT2D eigenvalue weighted by molar-refractivity contribution is 5.28. The van der Waals surface area contributed by atoms with Crippen molar-refractivity contribution in [3.05, 3.63) is 35.4 Å². The Balaban J connectivity index is 1.78.